The van der Waals surface area contributed by atoms with E-state index in [1.807, 2.05) is 85.8 Å². The van der Waals surface area contributed by atoms with Crippen LogP contribution in [0.25, 0.3) is 11.3 Å². The van der Waals surface area contributed by atoms with E-state index in [0.29, 0.717) is 31.5 Å². The fraction of sp³-hybridized carbons (Fsp3) is 0.317. The molecule has 2 aliphatic heterocycles. The molecular formula is C41H44FN5O2. The average Bonchev–Trinajstić information content (AvgIpc) is 3.15. The molecule has 0 aliphatic carbocycles. The Hall–Kier alpha value is -4.79. The molecule has 4 heterocycles. The van der Waals surface area contributed by atoms with E-state index in [1.54, 1.807) is 0 Å². The van der Waals surface area contributed by atoms with Crippen molar-refractivity contribution in [1.82, 2.24) is 19.8 Å². The maximum absolute atomic E-state index is 15.8. The SMILES string of the molecule is Cc1nc(-c2ccc(OCc3ccccc3)nc2OCc2ccccc2)ccc1N1CC[C@H](N2CCN(Cc3ccccc3)CC2)[C@@H](F)C1. The quantitative estimate of drug-likeness (QED) is 0.147. The molecule has 0 spiro atoms. The highest BCUT2D eigenvalue weighted by atomic mass is 19.1. The summed E-state index contributed by atoms with van der Waals surface area (Å²) in [6.45, 7) is 8.67. The van der Waals surface area contributed by atoms with Gasteiger partial charge in [-0.25, -0.2) is 4.39 Å². The third kappa shape index (κ3) is 8.27. The zero-order chi connectivity index (χ0) is 33.4. The van der Waals surface area contributed by atoms with Gasteiger partial charge in [-0.15, -0.1) is 0 Å². The van der Waals surface area contributed by atoms with Crippen LogP contribution in [0.2, 0.25) is 0 Å². The van der Waals surface area contributed by atoms with Crippen molar-refractivity contribution in [2.24, 2.45) is 0 Å². The predicted octanol–water partition coefficient (Wildman–Crippen LogP) is 7.34. The maximum Gasteiger partial charge on any atom is 0.226 e. The van der Waals surface area contributed by atoms with E-state index < -0.39 is 6.17 Å². The van der Waals surface area contributed by atoms with Crippen molar-refractivity contribution in [1.29, 1.82) is 0 Å². The van der Waals surface area contributed by atoms with Gasteiger partial charge in [-0.2, -0.15) is 4.98 Å². The van der Waals surface area contributed by atoms with Gasteiger partial charge in [0, 0.05) is 51.4 Å². The second-order valence-corrected chi connectivity index (χ2v) is 13.0. The molecule has 0 unspecified atom stereocenters. The third-order valence-electron chi connectivity index (χ3n) is 9.59. The first kappa shape index (κ1) is 32.7. The van der Waals surface area contributed by atoms with E-state index in [0.717, 1.165) is 79.5 Å². The lowest BCUT2D eigenvalue weighted by molar-refractivity contribution is 0.0431. The molecule has 3 aromatic carbocycles. The Balaban J connectivity index is 1.01. The van der Waals surface area contributed by atoms with Crippen LogP contribution in [-0.4, -0.2) is 71.2 Å². The van der Waals surface area contributed by atoms with Gasteiger partial charge < -0.3 is 14.4 Å². The third-order valence-corrected chi connectivity index (χ3v) is 9.59. The monoisotopic (exact) mass is 657 g/mol. The smallest absolute Gasteiger partial charge is 0.226 e. The second kappa shape index (κ2) is 15.6. The zero-order valence-electron chi connectivity index (χ0n) is 28.1. The molecule has 7 rings (SSSR count). The van der Waals surface area contributed by atoms with E-state index in [1.165, 1.54) is 5.56 Å². The summed E-state index contributed by atoms with van der Waals surface area (Å²) in [5.74, 6) is 0.945. The van der Waals surface area contributed by atoms with Crippen LogP contribution in [0.5, 0.6) is 11.8 Å². The van der Waals surface area contributed by atoms with Crippen molar-refractivity contribution in [2.75, 3.05) is 44.2 Å². The number of benzene rings is 3. The van der Waals surface area contributed by atoms with Crippen LogP contribution in [0.4, 0.5) is 10.1 Å². The van der Waals surface area contributed by atoms with Gasteiger partial charge in [0.25, 0.3) is 0 Å². The van der Waals surface area contributed by atoms with Crippen LogP contribution < -0.4 is 14.4 Å². The Morgan fingerprint density at radius 1 is 0.673 bits per heavy atom. The summed E-state index contributed by atoms with van der Waals surface area (Å²) in [6.07, 6.45) is -0.119. The molecule has 2 aliphatic rings. The van der Waals surface area contributed by atoms with Crippen LogP contribution in [0.3, 0.4) is 0 Å². The van der Waals surface area contributed by atoms with Gasteiger partial charge in [-0.1, -0.05) is 91.0 Å². The van der Waals surface area contributed by atoms with E-state index >= 15 is 4.39 Å². The van der Waals surface area contributed by atoms with Crippen LogP contribution >= 0.6 is 0 Å². The molecule has 49 heavy (non-hydrogen) atoms. The number of ether oxygens (including phenoxy) is 2. The minimum absolute atomic E-state index is 0.0410. The molecule has 0 bridgehead atoms. The summed E-state index contributed by atoms with van der Waals surface area (Å²) in [4.78, 5) is 16.8. The molecule has 0 amide bonds. The van der Waals surface area contributed by atoms with Crippen molar-refractivity contribution >= 4 is 5.69 Å². The maximum atomic E-state index is 15.8. The number of aryl methyl sites for hydroxylation is 1. The van der Waals surface area contributed by atoms with Gasteiger partial charge in [-0.05, 0) is 48.2 Å². The summed E-state index contributed by atoms with van der Waals surface area (Å²) in [6, 6.07) is 38.5. The van der Waals surface area contributed by atoms with Crippen LogP contribution in [0.15, 0.2) is 115 Å². The first-order valence-electron chi connectivity index (χ1n) is 17.3. The van der Waals surface area contributed by atoms with Gasteiger partial charge >= 0.3 is 0 Å². The van der Waals surface area contributed by atoms with Gasteiger partial charge in [0.2, 0.25) is 11.8 Å². The van der Waals surface area contributed by atoms with E-state index in [-0.39, 0.29) is 6.04 Å². The summed E-state index contributed by atoms with van der Waals surface area (Å²) in [7, 11) is 0. The second-order valence-electron chi connectivity index (χ2n) is 13.0. The number of rotatable bonds is 11. The molecule has 0 radical (unpaired) electrons. The zero-order valence-corrected chi connectivity index (χ0v) is 28.1. The highest BCUT2D eigenvalue weighted by Gasteiger charge is 2.35. The number of nitrogens with zero attached hydrogens (tertiary/aromatic N) is 5. The number of hydrogen-bond acceptors (Lipinski definition) is 7. The molecule has 8 heteroatoms. The molecular weight excluding hydrogens is 613 g/mol. The standard InChI is InChI=1S/C41H44FN5O2/c1-31-38(47-22-21-39(36(42)28-47)46-25-23-45(24-26-46)27-32-11-5-2-6-12-32)19-18-37(43-31)35-17-20-40(48-29-33-13-7-3-8-14-33)44-41(35)49-30-34-15-9-4-10-16-34/h2-20,36,39H,21-30H2,1H3/t36-,39-/m0/s1. The number of piperazine rings is 1. The van der Waals surface area contributed by atoms with E-state index in [4.69, 9.17) is 19.4 Å². The summed E-state index contributed by atoms with van der Waals surface area (Å²) in [5, 5.41) is 0. The number of pyridine rings is 2. The normalized spacial score (nSPS) is 18.7. The molecule has 252 valence electrons. The molecule has 5 aromatic rings. The number of hydrogen-bond donors (Lipinski definition) is 0. The highest BCUT2D eigenvalue weighted by Crippen LogP contribution is 2.34. The van der Waals surface area contributed by atoms with Crippen LogP contribution in [0.1, 0.15) is 28.8 Å². The molecule has 2 atom stereocenters. The lowest BCUT2D eigenvalue weighted by atomic mass is 9.99. The lowest BCUT2D eigenvalue weighted by Gasteiger charge is -2.45. The lowest BCUT2D eigenvalue weighted by Crippen LogP contribution is -2.57. The van der Waals surface area contributed by atoms with E-state index in [2.05, 4.69) is 51.1 Å². The fourth-order valence-corrected chi connectivity index (χ4v) is 6.92. The van der Waals surface area contributed by atoms with E-state index in [9.17, 15) is 0 Å². The Labute approximate surface area is 289 Å². The van der Waals surface area contributed by atoms with Gasteiger partial charge in [0.1, 0.15) is 19.4 Å². The highest BCUT2D eigenvalue weighted by molar-refractivity contribution is 5.68. The Kier molecular flexibility index (Phi) is 10.4. The predicted molar refractivity (Wildman–Crippen MR) is 193 cm³/mol. The number of halogens is 1. The van der Waals surface area contributed by atoms with Gasteiger partial charge in [0.05, 0.1) is 29.2 Å². The largest absolute Gasteiger partial charge is 0.473 e. The molecule has 7 nitrogen and oxygen atoms in total. The van der Waals surface area contributed by atoms with Crippen molar-refractivity contribution < 1.29 is 13.9 Å². The molecule has 2 fully saturated rings. The molecule has 2 saturated heterocycles. The van der Waals surface area contributed by atoms with Crippen molar-refractivity contribution in [3.63, 3.8) is 0 Å². The number of aromatic nitrogens is 2. The average molecular weight is 658 g/mol. The minimum atomic E-state index is -0.917. The molecule has 0 N–H and O–H groups in total. The number of alkyl halides is 1. The number of anilines is 1. The fourth-order valence-electron chi connectivity index (χ4n) is 6.92. The molecule has 2 aromatic heterocycles. The number of piperidine rings is 1. The van der Waals surface area contributed by atoms with Crippen molar-refractivity contribution in [3.8, 4) is 23.0 Å². The van der Waals surface area contributed by atoms with Crippen LogP contribution in [0, 0.1) is 6.92 Å². The van der Waals surface area contributed by atoms with Crippen molar-refractivity contribution in [2.45, 2.75) is 45.3 Å². The Morgan fingerprint density at radius 2 is 1.31 bits per heavy atom. The molecule has 0 saturated carbocycles. The van der Waals surface area contributed by atoms with Gasteiger partial charge in [0.15, 0.2) is 0 Å². The topological polar surface area (TPSA) is 54.0 Å². The Morgan fingerprint density at radius 3 is 1.94 bits per heavy atom. The summed E-state index contributed by atoms with van der Waals surface area (Å²) >= 11 is 0. The first-order chi connectivity index (χ1) is 24.1. The van der Waals surface area contributed by atoms with Crippen LogP contribution in [-0.2, 0) is 19.8 Å². The summed E-state index contributed by atoms with van der Waals surface area (Å²) in [5.41, 5.74) is 6.81. The van der Waals surface area contributed by atoms with Gasteiger partial charge in [-0.3, -0.25) is 14.8 Å². The van der Waals surface area contributed by atoms with Crippen molar-refractivity contribution in [3.05, 3.63) is 138 Å². The first-order valence-corrected chi connectivity index (χ1v) is 17.3. The summed E-state index contributed by atoms with van der Waals surface area (Å²) < 4.78 is 28.1. The minimum Gasteiger partial charge on any atom is -0.473 e. The Bertz CT molecular complexity index is 1780.